The molecule has 1 unspecified atom stereocenters. The molecule has 3 heterocycles. The lowest BCUT2D eigenvalue weighted by Crippen LogP contribution is -2.30. The second kappa shape index (κ2) is 5.71. The Morgan fingerprint density at radius 3 is 2.96 bits per heavy atom. The molecule has 1 aromatic carbocycles. The first-order valence-electron chi connectivity index (χ1n) is 8.40. The average Bonchev–Trinajstić information content (AvgIpc) is 3.29. The number of carbonyl (C=O) groups is 1. The molecule has 126 valence electrons. The maximum Gasteiger partial charge on any atom is 0.322 e. The fraction of sp³-hybridized carbons (Fsp3) is 0.263. The number of rotatable bonds is 3. The largest absolute Gasteiger partial charge is 0.335 e. The van der Waals surface area contributed by atoms with Gasteiger partial charge in [0, 0.05) is 17.4 Å². The molecule has 1 atom stereocenters. The van der Waals surface area contributed by atoms with Gasteiger partial charge < -0.3 is 5.32 Å². The third kappa shape index (κ3) is 2.58. The first-order valence-corrected chi connectivity index (χ1v) is 9.60. The molecule has 1 saturated carbocycles. The normalized spacial score (nSPS) is 20.3. The van der Waals surface area contributed by atoms with Crippen LogP contribution in [0, 0.1) is 0 Å². The van der Waals surface area contributed by atoms with Crippen LogP contribution in [0.4, 0.5) is 10.5 Å². The zero-order valence-corrected chi connectivity index (χ0v) is 15.0. The van der Waals surface area contributed by atoms with Crippen LogP contribution in [0.2, 0.25) is 4.34 Å². The summed E-state index contributed by atoms with van der Waals surface area (Å²) in [7, 11) is 0. The number of halogens is 1. The molecule has 6 heteroatoms. The number of anilines is 1. The van der Waals surface area contributed by atoms with E-state index >= 15 is 0 Å². The molecule has 25 heavy (non-hydrogen) atoms. The predicted molar refractivity (Wildman–Crippen MR) is 102 cm³/mol. The Hall–Kier alpha value is -2.11. The fourth-order valence-electron chi connectivity index (χ4n) is 3.62. The first kappa shape index (κ1) is 15.2. The van der Waals surface area contributed by atoms with Gasteiger partial charge >= 0.3 is 6.03 Å². The molecule has 1 aliphatic carbocycles. The first-order chi connectivity index (χ1) is 12.2. The van der Waals surface area contributed by atoms with E-state index in [9.17, 15) is 4.79 Å². The summed E-state index contributed by atoms with van der Waals surface area (Å²) in [5.41, 5.74) is 3.29. The van der Waals surface area contributed by atoms with Crippen LogP contribution in [-0.4, -0.2) is 17.6 Å². The lowest BCUT2D eigenvalue weighted by molar-refractivity contribution is 0.251. The molecule has 0 bridgehead atoms. The lowest BCUT2D eigenvalue weighted by Gasteiger charge is -2.25. The number of hydrogen-bond donors (Lipinski definition) is 1. The van der Waals surface area contributed by atoms with E-state index in [0.29, 0.717) is 12.5 Å². The summed E-state index contributed by atoms with van der Waals surface area (Å²) >= 11 is 7.71. The number of pyridine rings is 1. The number of carbonyl (C=O) groups excluding carboxylic acids is 1. The van der Waals surface area contributed by atoms with Crippen LogP contribution in [0.3, 0.4) is 0 Å². The number of nitrogens with one attached hydrogen (secondary N) is 1. The Balaban J connectivity index is 1.59. The van der Waals surface area contributed by atoms with Crippen LogP contribution < -0.4 is 10.2 Å². The van der Waals surface area contributed by atoms with Crippen molar-refractivity contribution < 1.29 is 4.79 Å². The summed E-state index contributed by atoms with van der Waals surface area (Å²) in [5.74, 6) is 0.560. The van der Waals surface area contributed by atoms with Crippen LogP contribution in [0.25, 0.3) is 10.1 Å². The molecule has 4 nitrogen and oxygen atoms in total. The highest BCUT2D eigenvalue weighted by molar-refractivity contribution is 7.22. The van der Waals surface area contributed by atoms with Crippen molar-refractivity contribution in [2.45, 2.75) is 24.8 Å². The molecule has 1 saturated heterocycles. The zero-order valence-electron chi connectivity index (χ0n) is 13.4. The van der Waals surface area contributed by atoms with Gasteiger partial charge in [0.2, 0.25) is 0 Å². The molecule has 2 amide bonds. The third-order valence-electron chi connectivity index (χ3n) is 4.98. The van der Waals surface area contributed by atoms with E-state index in [-0.39, 0.29) is 12.1 Å². The standard InChI is InChI=1S/C19H16ClN3OS/c20-18-8-13-7-12(3-4-17(13)25-18)15-10-22-19(24)23(15)16-9-21-6-5-14(16)11-1-2-11/h3-9,11,15H,1-2,10H2,(H,22,24). The maximum absolute atomic E-state index is 12.6. The van der Waals surface area contributed by atoms with Gasteiger partial charge in [0.25, 0.3) is 0 Å². The van der Waals surface area contributed by atoms with Crippen molar-refractivity contribution in [2.24, 2.45) is 0 Å². The average molecular weight is 370 g/mol. The number of amides is 2. The van der Waals surface area contributed by atoms with Gasteiger partial charge in [-0.3, -0.25) is 9.88 Å². The van der Waals surface area contributed by atoms with Crippen molar-refractivity contribution in [3.63, 3.8) is 0 Å². The summed E-state index contributed by atoms with van der Waals surface area (Å²) in [6, 6.07) is 10.3. The van der Waals surface area contributed by atoms with E-state index in [1.165, 1.54) is 18.4 Å². The SMILES string of the molecule is O=C1NCC(c2ccc3sc(Cl)cc3c2)N1c1cnccc1C1CC1. The Labute approximate surface area is 154 Å². The number of hydrogen-bond acceptors (Lipinski definition) is 3. The van der Waals surface area contributed by atoms with E-state index in [4.69, 9.17) is 11.6 Å². The predicted octanol–water partition coefficient (Wildman–Crippen LogP) is 5.10. The molecule has 2 aliphatic rings. The molecule has 2 aromatic heterocycles. The highest BCUT2D eigenvalue weighted by atomic mass is 35.5. The Bertz CT molecular complexity index is 982. The van der Waals surface area contributed by atoms with Crippen molar-refractivity contribution in [3.8, 4) is 0 Å². The quantitative estimate of drug-likeness (QED) is 0.698. The highest BCUT2D eigenvalue weighted by Gasteiger charge is 2.37. The van der Waals surface area contributed by atoms with E-state index in [0.717, 1.165) is 25.7 Å². The smallest absolute Gasteiger partial charge is 0.322 e. The minimum atomic E-state index is -0.0525. The minimum Gasteiger partial charge on any atom is -0.335 e. The van der Waals surface area contributed by atoms with Crippen molar-refractivity contribution >= 4 is 44.7 Å². The van der Waals surface area contributed by atoms with Crippen LogP contribution in [0.15, 0.2) is 42.7 Å². The second-order valence-corrected chi connectivity index (χ2v) is 8.34. The van der Waals surface area contributed by atoms with Crippen molar-refractivity contribution in [2.75, 3.05) is 11.4 Å². The molecule has 3 aromatic rings. The van der Waals surface area contributed by atoms with Gasteiger partial charge in [0.05, 0.1) is 22.3 Å². The van der Waals surface area contributed by atoms with Crippen LogP contribution in [0.5, 0.6) is 0 Å². The molecule has 0 spiro atoms. The molecule has 5 rings (SSSR count). The number of thiophene rings is 1. The van der Waals surface area contributed by atoms with Gasteiger partial charge in [-0.15, -0.1) is 11.3 Å². The number of fused-ring (bicyclic) bond motifs is 1. The molecular weight excluding hydrogens is 354 g/mol. The summed E-state index contributed by atoms with van der Waals surface area (Å²) in [4.78, 5) is 18.7. The minimum absolute atomic E-state index is 0.0303. The Kier molecular flexibility index (Phi) is 3.47. The van der Waals surface area contributed by atoms with Crippen LogP contribution >= 0.6 is 22.9 Å². The maximum atomic E-state index is 12.6. The van der Waals surface area contributed by atoms with E-state index in [1.807, 2.05) is 23.4 Å². The number of benzene rings is 1. The van der Waals surface area contributed by atoms with Gasteiger partial charge in [-0.25, -0.2) is 4.79 Å². The molecule has 1 N–H and O–H groups in total. The summed E-state index contributed by atoms with van der Waals surface area (Å²) in [5, 5.41) is 4.12. The third-order valence-corrected chi connectivity index (χ3v) is 6.23. The Morgan fingerprint density at radius 1 is 1.24 bits per heavy atom. The molecule has 2 fully saturated rings. The van der Waals surface area contributed by atoms with Crippen molar-refractivity contribution in [1.29, 1.82) is 0 Å². The molecule has 0 radical (unpaired) electrons. The van der Waals surface area contributed by atoms with Crippen molar-refractivity contribution in [1.82, 2.24) is 10.3 Å². The number of aromatic nitrogens is 1. The van der Waals surface area contributed by atoms with Gasteiger partial charge in [-0.2, -0.15) is 0 Å². The van der Waals surface area contributed by atoms with E-state index < -0.39 is 0 Å². The summed E-state index contributed by atoms with van der Waals surface area (Å²) < 4.78 is 1.95. The monoisotopic (exact) mass is 369 g/mol. The highest BCUT2D eigenvalue weighted by Crippen LogP contribution is 2.46. The van der Waals surface area contributed by atoms with Crippen LogP contribution in [-0.2, 0) is 0 Å². The second-order valence-electron chi connectivity index (χ2n) is 6.63. The van der Waals surface area contributed by atoms with Gasteiger partial charge in [-0.1, -0.05) is 17.7 Å². The zero-order chi connectivity index (χ0) is 17.0. The molecular formula is C19H16ClN3OS. The van der Waals surface area contributed by atoms with E-state index in [2.05, 4.69) is 34.6 Å². The topological polar surface area (TPSA) is 45.2 Å². The van der Waals surface area contributed by atoms with Gasteiger partial charge in [0.1, 0.15) is 0 Å². The summed E-state index contributed by atoms with van der Waals surface area (Å²) in [6.45, 7) is 0.598. The summed E-state index contributed by atoms with van der Waals surface area (Å²) in [6.07, 6.45) is 6.03. The number of nitrogens with zero attached hydrogens (tertiary/aromatic N) is 2. The fourth-order valence-corrected chi connectivity index (χ4v) is 4.76. The van der Waals surface area contributed by atoms with Crippen LogP contribution in [0.1, 0.15) is 35.9 Å². The Morgan fingerprint density at radius 2 is 2.12 bits per heavy atom. The molecule has 1 aliphatic heterocycles. The van der Waals surface area contributed by atoms with Crippen molar-refractivity contribution in [3.05, 3.63) is 58.2 Å². The van der Waals surface area contributed by atoms with Gasteiger partial charge in [0.15, 0.2) is 0 Å². The van der Waals surface area contributed by atoms with Gasteiger partial charge in [-0.05, 0) is 59.5 Å². The van der Waals surface area contributed by atoms with E-state index in [1.54, 1.807) is 11.3 Å². The number of urea groups is 1. The lowest BCUT2D eigenvalue weighted by atomic mass is 10.0.